The lowest BCUT2D eigenvalue weighted by Gasteiger charge is -2.34. The quantitative estimate of drug-likeness (QED) is 0.318. The number of nitrogens with zero attached hydrogens (tertiary/aromatic N) is 7. The number of hydrogen-bond donors (Lipinski definition) is 3. The third-order valence-electron chi connectivity index (χ3n) is 6.79. The second-order valence-corrected chi connectivity index (χ2v) is 10.2. The molecule has 1 aliphatic carbocycles. The predicted molar refractivity (Wildman–Crippen MR) is 143 cm³/mol. The molecule has 3 N–H and O–H groups in total. The summed E-state index contributed by atoms with van der Waals surface area (Å²) in [4.78, 5) is 39.0. The Hall–Kier alpha value is -4.19. The van der Waals surface area contributed by atoms with Gasteiger partial charge in [-0.3, -0.25) is 4.57 Å². The molecule has 0 atom stereocenters. The number of imidazole rings is 2. The highest BCUT2D eigenvalue weighted by Crippen LogP contribution is 2.27. The Morgan fingerprint density at radius 2 is 1.95 bits per heavy atom. The number of piperazine rings is 1. The zero-order valence-corrected chi connectivity index (χ0v) is 20.9. The SMILES string of the molecule is O=C(NC1CC1)N1CCN(c2nc(NCc3nc4ccccc4[nH]3)c3ncn(-c4ccsc4)c3n2)CC1. The molecule has 0 bridgehead atoms. The predicted octanol–water partition coefficient (Wildman–Crippen LogP) is 3.36. The van der Waals surface area contributed by atoms with Crippen LogP contribution >= 0.6 is 11.3 Å². The van der Waals surface area contributed by atoms with E-state index in [1.54, 1.807) is 17.7 Å². The first-order chi connectivity index (χ1) is 18.2. The molecule has 11 nitrogen and oxygen atoms in total. The van der Waals surface area contributed by atoms with Crippen molar-refractivity contribution in [2.24, 2.45) is 0 Å². The topological polar surface area (TPSA) is 120 Å². The lowest BCUT2D eigenvalue weighted by molar-refractivity contribution is 0.193. The molecule has 5 heterocycles. The zero-order valence-electron chi connectivity index (χ0n) is 20.1. The number of carbonyl (C=O) groups is 1. The van der Waals surface area contributed by atoms with E-state index in [9.17, 15) is 4.79 Å². The third kappa shape index (κ3) is 4.33. The van der Waals surface area contributed by atoms with Gasteiger partial charge in [0.2, 0.25) is 5.95 Å². The van der Waals surface area contributed by atoms with Gasteiger partial charge in [0.25, 0.3) is 0 Å². The van der Waals surface area contributed by atoms with Gasteiger partial charge in [0, 0.05) is 37.6 Å². The van der Waals surface area contributed by atoms with Crippen LogP contribution in [0.3, 0.4) is 0 Å². The van der Waals surface area contributed by atoms with Crippen LogP contribution in [0.2, 0.25) is 0 Å². The molecule has 5 aromatic rings. The van der Waals surface area contributed by atoms with Gasteiger partial charge < -0.3 is 25.4 Å². The minimum absolute atomic E-state index is 0.0299. The minimum Gasteiger partial charge on any atom is -0.361 e. The van der Waals surface area contributed by atoms with Crippen LogP contribution in [-0.2, 0) is 6.54 Å². The largest absolute Gasteiger partial charge is 0.361 e. The molecule has 7 rings (SSSR count). The number of hydrogen-bond acceptors (Lipinski definition) is 8. The number of thiophene rings is 1. The minimum atomic E-state index is 0.0299. The van der Waals surface area contributed by atoms with Crippen LogP contribution < -0.4 is 15.5 Å². The average molecular weight is 515 g/mol. The van der Waals surface area contributed by atoms with Gasteiger partial charge in [-0.2, -0.15) is 21.3 Å². The standard InChI is InChI=1S/C25H26N10OS/c36-25(28-16-5-6-16)34-10-8-33(9-11-34)24-31-22(26-13-20-29-18-3-1-2-4-19(18)30-20)21-23(32-24)35(15-27-21)17-7-12-37-14-17/h1-4,7,12,14-16H,5-6,8-11,13H2,(H,28,36)(H,29,30)(H,26,31,32). The highest BCUT2D eigenvalue weighted by Gasteiger charge is 2.29. The van der Waals surface area contributed by atoms with Crippen LogP contribution in [0, 0.1) is 0 Å². The van der Waals surface area contributed by atoms with Gasteiger partial charge in [-0.1, -0.05) is 12.1 Å². The van der Waals surface area contributed by atoms with Crippen molar-refractivity contribution in [3.05, 3.63) is 53.2 Å². The molecular formula is C25H26N10OS. The van der Waals surface area contributed by atoms with E-state index in [1.807, 2.05) is 45.2 Å². The van der Waals surface area contributed by atoms with Crippen molar-refractivity contribution >= 4 is 51.3 Å². The van der Waals surface area contributed by atoms with Crippen molar-refractivity contribution in [2.45, 2.75) is 25.4 Å². The zero-order chi connectivity index (χ0) is 24.8. The number of benzene rings is 1. The Labute approximate surface area is 216 Å². The number of urea groups is 1. The summed E-state index contributed by atoms with van der Waals surface area (Å²) in [6.07, 6.45) is 3.96. The Morgan fingerprint density at radius 3 is 2.73 bits per heavy atom. The molecule has 1 aromatic carbocycles. The molecule has 2 aliphatic rings. The Bertz CT molecular complexity index is 1530. The summed E-state index contributed by atoms with van der Waals surface area (Å²) in [7, 11) is 0. The van der Waals surface area contributed by atoms with E-state index in [2.05, 4.69) is 35.9 Å². The summed E-state index contributed by atoms with van der Waals surface area (Å²) in [5, 5.41) is 10.6. The summed E-state index contributed by atoms with van der Waals surface area (Å²) in [5.41, 5.74) is 4.39. The Morgan fingerprint density at radius 1 is 1.08 bits per heavy atom. The summed E-state index contributed by atoms with van der Waals surface area (Å²) < 4.78 is 1.99. The second-order valence-electron chi connectivity index (χ2n) is 9.39. The normalized spacial score (nSPS) is 16.0. The number of amides is 2. The second kappa shape index (κ2) is 9.04. The molecule has 1 saturated heterocycles. The van der Waals surface area contributed by atoms with E-state index >= 15 is 0 Å². The van der Waals surface area contributed by atoms with Crippen molar-refractivity contribution in [3.63, 3.8) is 0 Å². The first kappa shape index (κ1) is 22.0. The fourth-order valence-electron chi connectivity index (χ4n) is 4.60. The first-order valence-electron chi connectivity index (χ1n) is 12.5. The molecule has 0 unspecified atom stereocenters. The van der Waals surface area contributed by atoms with Gasteiger partial charge >= 0.3 is 6.03 Å². The summed E-state index contributed by atoms with van der Waals surface area (Å²) >= 11 is 1.63. The molecule has 12 heteroatoms. The number of nitrogens with one attached hydrogen (secondary N) is 3. The first-order valence-corrected chi connectivity index (χ1v) is 13.4. The number of anilines is 2. The molecule has 0 radical (unpaired) electrons. The van der Waals surface area contributed by atoms with Gasteiger partial charge in [0.15, 0.2) is 17.0 Å². The van der Waals surface area contributed by atoms with Crippen molar-refractivity contribution < 1.29 is 4.79 Å². The number of H-pyrrole nitrogens is 1. The Balaban J connectivity index is 1.17. The van der Waals surface area contributed by atoms with E-state index in [1.165, 1.54) is 0 Å². The summed E-state index contributed by atoms with van der Waals surface area (Å²) in [5.74, 6) is 2.10. The Kier molecular flexibility index (Phi) is 5.38. The molecule has 1 aliphatic heterocycles. The molecule has 188 valence electrons. The fraction of sp³-hybridized carbons (Fsp3) is 0.320. The molecule has 2 amide bonds. The van der Waals surface area contributed by atoms with Crippen LogP contribution in [0.15, 0.2) is 47.4 Å². The molecule has 2 fully saturated rings. The van der Waals surface area contributed by atoms with Crippen molar-refractivity contribution in [3.8, 4) is 5.69 Å². The summed E-state index contributed by atoms with van der Waals surface area (Å²) in [6, 6.07) is 10.4. The maximum absolute atomic E-state index is 12.5. The van der Waals surface area contributed by atoms with Crippen LogP contribution in [0.5, 0.6) is 0 Å². The van der Waals surface area contributed by atoms with Crippen molar-refractivity contribution in [2.75, 3.05) is 36.4 Å². The lowest BCUT2D eigenvalue weighted by Crippen LogP contribution is -2.52. The number of carbonyl (C=O) groups excluding carboxylic acids is 1. The number of fused-ring (bicyclic) bond motifs is 2. The smallest absolute Gasteiger partial charge is 0.317 e. The van der Waals surface area contributed by atoms with Crippen LogP contribution in [-0.4, -0.2) is 72.6 Å². The van der Waals surface area contributed by atoms with Gasteiger partial charge in [0.05, 0.1) is 23.3 Å². The van der Waals surface area contributed by atoms with E-state index in [4.69, 9.17) is 9.97 Å². The molecule has 37 heavy (non-hydrogen) atoms. The van der Waals surface area contributed by atoms with E-state index < -0.39 is 0 Å². The van der Waals surface area contributed by atoms with Crippen LogP contribution in [0.25, 0.3) is 27.9 Å². The molecule has 0 spiro atoms. The van der Waals surface area contributed by atoms with Gasteiger partial charge in [0.1, 0.15) is 12.2 Å². The van der Waals surface area contributed by atoms with Crippen molar-refractivity contribution in [1.29, 1.82) is 0 Å². The maximum atomic E-state index is 12.5. The monoisotopic (exact) mass is 514 g/mol. The number of aromatic amines is 1. The number of aromatic nitrogens is 6. The third-order valence-corrected chi connectivity index (χ3v) is 7.46. The lowest BCUT2D eigenvalue weighted by atomic mass is 10.3. The van der Waals surface area contributed by atoms with Crippen LogP contribution in [0.1, 0.15) is 18.7 Å². The highest BCUT2D eigenvalue weighted by molar-refractivity contribution is 7.08. The highest BCUT2D eigenvalue weighted by atomic mass is 32.1. The summed E-state index contributed by atoms with van der Waals surface area (Å²) in [6.45, 7) is 3.07. The van der Waals surface area contributed by atoms with Gasteiger partial charge in [-0.15, -0.1) is 0 Å². The van der Waals surface area contributed by atoms with E-state index in [0.29, 0.717) is 56.0 Å². The van der Waals surface area contributed by atoms with Crippen molar-refractivity contribution in [1.82, 2.24) is 39.7 Å². The number of para-hydroxylation sites is 2. The maximum Gasteiger partial charge on any atom is 0.317 e. The van der Waals surface area contributed by atoms with Gasteiger partial charge in [-0.05, 0) is 36.4 Å². The van der Waals surface area contributed by atoms with E-state index in [0.717, 1.165) is 41.0 Å². The van der Waals surface area contributed by atoms with Gasteiger partial charge in [-0.25, -0.2) is 14.8 Å². The average Bonchev–Trinajstić information content (AvgIpc) is 3.29. The molecule has 1 saturated carbocycles. The fourth-order valence-corrected chi connectivity index (χ4v) is 5.22. The molecule has 4 aromatic heterocycles. The number of rotatable bonds is 6. The van der Waals surface area contributed by atoms with Crippen LogP contribution in [0.4, 0.5) is 16.6 Å². The van der Waals surface area contributed by atoms with E-state index in [-0.39, 0.29) is 6.03 Å². The molecular weight excluding hydrogens is 488 g/mol.